The summed E-state index contributed by atoms with van der Waals surface area (Å²) < 4.78 is 26.3. The van der Waals surface area contributed by atoms with Crippen molar-refractivity contribution in [1.82, 2.24) is 9.80 Å². The zero-order valence-electron chi connectivity index (χ0n) is 11.4. The smallest absolute Gasteiger partial charge is 0.246 e. The average molecular weight is 297 g/mol. The lowest BCUT2D eigenvalue weighted by atomic mass is 10.0. The Morgan fingerprint density at radius 1 is 1.19 bits per heavy atom. The number of carbonyl (C=O) groups excluding carboxylic acids is 3. The zero-order valence-corrected chi connectivity index (χ0v) is 11.4. The first-order valence-corrected chi connectivity index (χ1v) is 6.07. The second-order valence-electron chi connectivity index (χ2n) is 4.76. The van der Waals surface area contributed by atoms with Crippen LogP contribution in [0.4, 0.5) is 14.5 Å². The molecule has 1 aliphatic heterocycles. The molecular formula is C13H13F2N3O3. The van der Waals surface area contributed by atoms with E-state index in [1.165, 1.54) is 23.9 Å². The van der Waals surface area contributed by atoms with Crippen LogP contribution in [-0.4, -0.2) is 48.3 Å². The zero-order chi connectivity index (χ0) is 15.7. The summed E-state index contributed by atoms with van der Waals surface area (Å²) >= 11 is 0. The van der Waals surface area contributed by atoms with E-state index in [1.54, 1.807) is 0 Å². The van der Waals surface area contributed by atoms with Gasteiger partial charge in [-0.2, -0.15) is 0 Å². The van der Waals surface area contributed by atoms with Crippen molar-refractivity contribution >= 4 is 23.4 Å². The van der Waals surface area contributed by atoms with Gasteiger partial charge in [0.05, 0.1) is 12.4 Å². The monoisotopic (exact) mass is 297 g/mol. The Bertz CT molecular complexity index is 601. The van der Waals surface area contributed by atoms with Crippen molar-refractivity contribution in [2.24, 2.45) is 5.92 Å². The molecule has 1 aliphatic rings. The highest BCUT2D eigenvalue weighted by molar-refractivity contribution is 6.21. The fraction of sp³-hybridized carbons (Fsp3) is 0.308. The predicted molar refractivity (Wildman–Crippen MR) is 68.9 cm³/mol. The highest BCUT2D eigenvalue weighted by Gasteiger charge is 2.42. The lowest BCUT2D eigenvalue weighted by Crippen LogP contribution is -2.57. The van der Waals surface area contributed by atoms with Gasteiger partial charge in [0.1, 0.15) is 11.6 Å². The number of benzene rings is 1. The number of halogens is 2. The molecule has 1 saturated heterocycles. The normalized spacial score (nSPS) is 16.4. The summed E-state index contributed by atoms with van der Waals surface area (Å²) in [5, 5.41) is 2.13. The van der Waals surface area contributed by atoms with E-state index in [1.807, 2.05) is 0 Å². The van der Waals surface area contributed by atoms with Gasteiger partial charge in [-0.05, 0) is 12.1 Å². The molecular weight excluding hydrogens is 284 g/mol. The first kappa shape index (κ1) is 14.9. The van der Waals surface area contributed by atoms with E-state index in [0.717, 1.165) is 12.1 Å². The van der Waals surface area contributed by atoms with Gasteiger partial charge in [0.2, 0.25) is 17.7 Å². The minimum atomic E-state index is -1.57. The van der Waals surface area contributed by atoms with Gasteiger partial charge in [-0.25, -0.2) is 8.78 Å². The average Bonchev–Trinajstić information content (AvgIpc) is 2.40. The summed E-state index contributed by atoms with van der Waals surface area (Å²) in [5.41, 5.74) is -0.294. The Kier molecular flexibility index (Phi) is 3.88. The number of hydrogen-bond donors (Lipinski definition) is 1. The number of carbonyl (C=O) groups is 3. The van der Waals surface area contributed by atoms with Gasteiger partial charge < -0.3 is 15.1 Å². The standard InChI is InChI=1S/C13H13F2N3O3/c1-17-6-18(2)13(21)10(12(17)20)11(19)16-9-4-3-7(14)5-8(9)15/h3-5,10H,6H2,1-2H3,(H,16,19). The van der Waals surface area contributed by atoms with Gasteiger partial charge >= 0.3 is 0 Å². The number of anilines is 1. The van der Waals surface area contributed by atoms with E-state index in [9.17, 15) is 23.2 Å². The Labute approximate surface area is 119 Å². The fourth-order valence-corrected chi connectivity index (χ4v) is 2.02. The fourth-order valence-electron chi connectivity index (χ4n) is 2.02. The topological polar surface area (TPSA) is 69.7 Å². The van der Waals surface area contributed by atoms with E-state index >= 15 is 0 Å². The molecule has 0 aromatic heterocycles. The number of nitrogens with zero attached hydrogens (tertiary/aromatic N) is 2. The summed E-state index contributed by atoms with van der Waals surface area (Å²) in [7, 11) is 2.90. The predicted octanol–water partition coefficient (Wildman–Crippen LogP) is 0.407. The lowest BCUT2D eigenvalue weighted by Gasteiger charge is -2.34. The van der Waals surface area contributed by atoms with Crippen LogP contribution in [0.15, 0.2) is 18.2 Å². The molecule has 1 heterocycles. The third-order valence-corrected chi connectivity index (χ3v) is 3.12. The molecule has 0 aliphatic carbocycles. The quantitative estimate of drug-likeness (QED) is 0.804. The molecule has 112 valence electrons. The largest absolute Gasteiger partial charge is 0.327 e. The molecule has 0 saturated carbocycles. The third kappa shape index (κ3) is 2.83. The van der Waals surface area contributed by atoms with E-state index in [4.69, 9.17) is 0 Å². The highest BCUT2D eigenvalue weighted by Crippen LogP contribution is 2.19. The molecule has 0 unspecified atom stereocenters. The Morgan fingerprint density at radius 2 is 1.76 bits per heavy atom. The number of nitrogens with one attached hydrogen (secondary N) is 1. The van der Waals surface area contributed by atoms with Crippen LogP contribution < -0.4 is 5.32 Å². The number of rotatable bonds is 2. The van der Waals surface area contributed by atoms with Crippen LogP contribution in [0.2, 0.25) is 0 Å². The maximum absolute atomic E-state index is 13.5. The Balaban J connectivity index is 2.22. The molecule has 0 radical (unpaired) electrons. The third-order valence-electron chi connectivity index (χ3n) is 3.12. The molecule has 21 heavy (non-hydrogen) atoms. The molecule has 1 aromatic rings. The van der Waals surface area contributed by atoms with Gasteiger partial charge in [0.25, 0.3) is 0 Å². The van der Waals surface area contributed by atoms with E-state index < -0.39 is 35.3 Å². The molecule has 1 fully saturated rings. The number of hydrogen-bond acceptors (Lipinski definition) is 3. The molecule has 2 rings (SSSR count). The second-order valence-corrected chi connectivity index (χ2v) is 4.76. The van der Waals surface area contributed by atoms with Crippen LogP contribution in [0, 0.1) is 17.6 Å². The maximum Gasteiger partial charge on any atom is 0.246 e. The lowest BCUT2D eigenvalue weighted by molar-refractivity contribution is -0.158. The second kappa shape index (κ2) is 5.47. The van der Waals surface area contributed by atoms with Crippen molar-refractivity contribution in [1.29, 1.82) is 0 Å². The van der Waals surface area contributed by atoms with Crippen LogP contribution >= 0.6 is 0 Å². The molecule has 0 spiro atoms. The van der Waals surface area contributed by atoms with Crippen molar-refractivity contribution < 1.29 is 23.2 Å². The van der Waals surface area contributed by atoms with E-state index in [2.05, 4.69) is 5.32 Å². The molecule has 1 N–H and O–H groups in total. The minimum Gasteiger partial charge on any atom is -0.327 e. The summed E-state index contributed by atoms with van der Waals surface area (Å²) in [6.07, 6.45) is 0. The Hall–Kier alpha value is -2.51. The van der Waals surface area contributed by atoms with Gasteiger partial charge in [-0.15, -0.1) is 0 Å². The van der Waals surface area contributed by atoms with Crippen LogP contribution in [0.5, 0.6) is 0 Å². The van der Waals surface area contributed by atoms with Crippen molar-refractivity contribution in [2.45, 2.75) is 0 Å². The van der Waals surface area contributed by atoms with E-state index in [0.29, 0.717) is 6.07 Å². The molecule has 0 atom stereocenters. The molecule has 6 nitrogen and oxygen atoms in total. The van der Waals surface area contributed by atoms with Crippen molar-refractivity contribution in [3.63, 3.8) is 0 Å². The van der Waals surface area contributed by atoms with E-state index in [-0.39, 0.29) is 12.4 Å². The first-order valence-electron chi connectivity index (χ1n) is 6.07. The summed E-state index contributed by atoms with van der Waals surface area (Å²) in [4.78, 5) is 38.3. The molecule has 8 heteroatoms. The minimum absolute atomic E-state index is 0.0758. The van der Waals surface area contributed by atoms with Gasteiger partial charge in [-0.1, -0.05) is 0 Å². The van der Waals surface area contributed by atoms with Crippen molar-refractivity contribution in [2.75, 3.05) is 26.1 Å². The summed E-state index contributed by atoms with van der Waals surface area (Å²) in [5.74, 6) is -5.64. The van der Waals surface area contributed by atoms with Gasteiger partial charge in [-0.3, -0.25) is 14.4 Å². The number of amides is 3. The molecule has 0 bridgehead atoms. The van der Waals surface area contributed by atoms with Gasteiger partial charge in [0, 0.05) is 20.2 Å². The summed E-state index contributed by atoms with van der Waals surface area (Å²) in [6, 6.07) is 2.58. The SMILES string of the molecule is CN1CN(C)C(=O)C(C(=O)Nc2ccc(F)cc2F)C1=O. The first-order chi connectivity index (χ1) is 9.81. The van der Waals surface area contributed by atoms with Crippen LogP contribution in [0.1, 0.15) is 0 Å². The molecule has 3 amide bonds. The van der Waals surface area contributed by atoms with Crippen LogP contribution in [0.25, 0.3) is 0 Å². The van der Waals surface area contributed by atoms with Crippen molar-refractivity contribution in [3.05, 3.63) is 29.8 Å². The highest BCUT2D eigenvalue weighted by atomic mass is 19.1. The maximum atomic E-state index is 13.5. The van der Waals surface area contributed by atoms with Crippen molar-refractivity contribution in [3.8, 4) is 0 Å². The van der Waals surface area contributed by atoms with Crippen LogP contribution in [-0.2, 0) is 14.4 Å². The van der Waals surface area contributed by atoms with Crippen LogP contribution in [0.3, 0.4) is 0 Å². The molecule has 1 aromatic carbocycles. The Morgan fingerprint density at radius 3 is 2.29 bits per heavy atom. The van der Waals surface area contributed by atoms with Gasteiger partial charge in [0.15, 0.2) is 5.92 Å². The summed E-state index contributed by atoms with van der Waals surface area (Å²) in [6.45, 7) is 0.0758.